The number of nitrogens with zero attached hydrogens (tertiary/aromatic N) is 3. The van der Waals surface area contributed by atoms with Gasteiger partial charge in [0.25, 0.3) is 0 Å². The third kappa shape index (κ3) is 11.0. The first-order valence-corrected chi connectivity index (χ1v) is 11.4. The molecule has 0 unspecified atom stereocenters. The largest absolute Gasteiger partial charge is 0.360 e. The standard InChI is InChI=1S/C26H45N3/c1-9-14-16-20-29(19-12-4)23(8)28-26(25(17-11-3)22(6)7)24(13-5)21-27-18-15-10-2/h10,13,21H,2,6,9,11-12,14-20H2,1,3-5,7-8H3/b24-13+,26-25+,27-21?,28-23?. The molecule has 0 saturated carbocycles. The summed E-state index contributed by atoms with van der Waals surface area (Å²) in [6.07, 6.45) is 13.8. The van der Waals surface area contributed by atoms with Gasteiger partial charge in [-0.15, -0.1) is 6.58 Å². The zero-order valence-electron chi connectivity index (χ0n) is 20.1. The van der Waals surface area contributed by atoms with Gasteiger partial charge in [0.1, 0.15) is 5.84 Å². The van der Waals surface area contributed by atoms with E-state index >= 15 is 0 Å². The Morgan fingerprint density at radius 2 is 1.72 bits per heavy atom. The summed E-state index contributed by atoms with van der Waals surface area (Å²) in [5.74, 6) is 1.09. The topological polar surface area (TPSA) is 28.0 Å². The fourth-order valence-corrected chi connectivity index (χ4v) is 3.18. The van der Waals surface area contributed by atoms with E-state index in [4.69, 9.17) is 4.99 Å². The van der Waals surface area contributed by atoms with Crippen LogP contribution >= 0.6 is 0 Å². The Morgan fingerprint density at radius 3 is 2.24 bits per heavy atom. The van der Waals surface area contributed by atoms with Crippen LogP contribution in [0.4, 0.5) is 0 Å². The van der Waals surface area contributed by atoms with Gasteiger partial charge in [0.15, 0.2) is 0 Å². The van der Waals surface area contributed by atoms with Gasteiger partial charge in [-0.25, -0.2) is 4.99 Å². The first-order chi connectivity index (χ1) is 14.0. The second-order valence-electron chi connectivity index (χ2n) is 7.57. The van der Waals surface area contributed by atoms with Crippen molar-refractivity contribution in [2.75, 3.05) is 19.6 Å². The van der Waals surface area contributed by atoms with Crippen LogP contribution in [0.1, 0.15) is 86.5 Å². The van der Waals surface area contributed by atoms with Crippen LogP contribution in [-0.2, 0) is 0 Å². The average Bonchev–Trinajstić information content (AvgIpc) is 2.70. The highest BCUT2D eigenvalue weighted by molar-refractivity contribution is 5.88. The lowest BCUT2D eigenvalue weighted by atomic mass is 9.98. The summed E-state index contributed by atoms with van der Waals surface area (Å²) in [6.45, 7) is 23.9. The summed E-state index contributed by atoms with van der Waals surface area (Å²) >= 11 is 0. The lowest BCUT2D eigenvalue weighted by molar-refractivity contribution is 0.400. The highest BCUT2D eigenvalue weighted by Gasteiger charge is 2.13. The number of rotatable bonds is 15. The highest BCUT2D eigenvalue weighted by atomic mass is 15.2. The van der Waals surface area contributed by atoms with Crippen molar-refractivity contribution in [3.05, 3.63) is 47.7 Å². The third-order valence-electron chi connectivity index (χ3n) is 4.83. The van der Waals surface area contributed by atoms with Crippen molar-refractivity contribution in [3.63, 3.8) is 0 Å². The van der Waals surface area contributed by atoms with E-state index < -0.39 is 0 Å². The summed E-state index contributed by atoms with van der Waals surface area (Å²) in [5, 5.41) is 0. The Kier molecular flexibility index (Phi) is 15.9. The molecule has 0 heterocycles. The van der Waals surface area contributed by atoms with Gasteiger partial charge < -0.3 is 4.90 Å². The van der Waals surface area contributed by atoms with Crippen LogP contribution in [0.25, 0.3) is 0 Å². The Hall–Kier alpha value is -1.90. The molecule has 0 fully saturated rings. The van der Waals surface area contributed by atoms with Crippen molar-refractivity contribution in [2.45, 2.75) is 86.5 Å². The molecule has 164 valence electrons. The first-order valence-electron chi connectivity index (χ1n) is 11.4. The van der Waals surface area contributed by atoms with E-state index in [1.165, 1.54) is 24.8 Å². The van der Waals surface area contributed by atoms with Crippen molar-refractivity contribution in [2.24, 2.45) is 9.98 Å². The number of amidine groups is 1. The molecule has 0 spiro atoms. The van der Waals surface area contributed by atoms with Gasteiger partial charge in [-0.05, 0) is 52.0 Å². The molecule has 0 amide bonds. The maximum absolute atomic E-state index is 5.17. The van der Waals surface area contributed by atoms with E-state index in [9.17, 15) is 0 Å². The zero-order valence-corrected chi connectivity index (χ0v) is 20.1. The van der Waals surface area contributed by atoms with Gasteiger partial charge in [-0.2, -0.15) is 0 Å². The van der Waals surface area contributed by atoms with Gasteiger partial charge in [0, 0.05) is 31.4 Å². The van der Waals surface area contributed by atoms with E-state index in [0.29, 0.717) is 0 Å². The minimum atomic E-state index is 0.756. The van der Waals surface area contributed by atoms with Crippen LogP contribution in [0, 0.1) is 0 Å². The summed E-state index contributed by atoms with van der Waals surface area (Å²) in [5.41, 5.74) is 4.42. The fraction of sp³-hybridized carbons (Fsp3) is 0.615. The third-order valence-corrected chi connectivity index (χ3v) is 4.83. The molecule has 0 rings (SSSR count). The van der Waals surface area contributed by atoms with Gasteiger partial charge in [0.2, 0.25) is 0 Å². The molecule has 0 aliphatic carbocycles. The second-order valence-corrected chi connectivity index (χ2v) is 7.57. The van der Waals surface area contributed by atoms with Crippen LogP contribution in [0.15, 0.2) is 57.7 Å². The number of hydrogen-bond donors (Lipinski definition) is 0. The van der Waals surface area contributed by atoms with Crippen molar-refractivity contribution in [1.29, 1.82) is 0 Å². The molecule has 0 aromatic heterocycles. The molecule has 3 nitrogen and oxygen atoms in total. The average molecular weight is 400 g/mol. The van der Waals surface area contributed by atoms with E-state index in [1.807, 2.05) is 12.3 Å². The maximum atomic E-state index is 5.17. The van der Waals surface area contributed by atoms with E-state index in [2.05, 4.69) is 70.7 Å². The predicted molar refractivity (Wildman–Crippen MR) is 133 cm³/mol. The summed E-state index contributed by atoms with van der Waals surface area (Å²) < 4.78 is 0. The normalized spacial score (nSPS) is 13.6. The van der Waals surface area contributed by atoms with Crippen molar-refractivity contribution < 1.29 is 0 Å². The summed E-state index contributed by atoms with van der Waals surface area (Å²) in [7, 11) is 0. The number of hydrogen-bond acceptors (Lipinski definition) is 2. The molecule has 3 heteroatoms. The number of allylic oxidation sites excluding steroid dienone is 4. The summed E-state index contributed by atoms with van der Waals surface area (Å²) in [4.78, 5) is 12.2. The Labute approximate surface area is 181 Å². The molecule has 0 aliphatic rings. The number of aliphatic imine (C=N–C) groups is 2. The SMILES string of the molecule is C=CCCN=CC(=C\C)/C(N=C(C)N(CCC)CCCCC)=C(/CCC)C(=C)C. The predicted octanol–water partition coefficient (Wildman–Crippen LogP) is 7.53. The lowest BCUT2D eigenvalue weighted by Crippen LogP contribution is -2.31. The second kappa shape index (κ2) is 17.0. The Bertz CT molecular complexity index is 605. The molecule has 0 atom stereocenters. The quantitative estimate of drug-likeness (QED) is 0.0919. The van der Waals surface area contributed by atoms with Crippen molar-refractivity contribution in [1.82, 2.24) is 4.90 Å². The van der Waals surface area contributed by atoms with Gasteiger partial charge in [-0.3, -0.25) is 4.99 Å². The fourth-order valence-electron chi connectivity index (χ4n) is 3.18. The van der Waals surface area contributed by atoms with Crippen LogP contribution in [0.5, 0.6) is 0 Å². The molecule has 0 bridgehead atoms. The van der Waals surface area contributed by atoms with Crippen molar-refractivity contribution in [3.8, 4) is 0 Å². The number of unbranched alkanes of at least 4 members (excludes halogenated alkanes) is 2. The van der Waals surface area contributed by atoms with Crippen molar-refractivity contribution >= 4 is 12.1 Å². The molecule has 0 aromatic carbocycles. The molecule has 29 heavy (non-hydrogen) atoms. The van der Waals surface area contributed by atoms with Gasteiger partial charge >= 0.3 is 0 Å². The zero-order chi connectivity index (χ0) is 22.1. The van der Waals surface area contributed by atoms with Gasteiger partial charge in [-0.1, -0.05) is 64.3 Å². The van der Waals surface area contributed by atoms with Crippen LogP contribution in [0.3, 0.4) is 0 Å². The minimum absolute atomic E-state index is 0.756. The van der Waals surface area contributed by atoms with Crippen LogP contribution in [0.2, 0.25) is 0 Å². The molecule has 0 aromatic rings. The summed E-state index contributed by atoms with van der Waals surface area (Å²) in [6, 6.07) is 0. The lowest BCUT2D eigenvalue weighted by Gasteiger charge is -2.25. The van der Waals surface area contributed by atoms with Crippen LogP contribution < -0.4 is 0 Å². The van der Waals surface area contributed by atoms with E-state index in [1.54, 1.807) is 0 Å². The highest BCUT2D eigenvalue weighted by Crippen LogP contribution is 2.25. The monoisotopic (exact) mass is 399 g/mol. The molecule has 0 N–H and O–H groups in total. The maximum Gasteiger partial charge on any atom is 0.102 e. The van der Waals surface area contributed by atoms with E-state index in [0.717, 1.165) is 68.0 Å². The Morgan fingerprint density at radius 1 is 1.00 bits per heavy atom. The molecular formula is C26H45N3. The molecule has 0 saturated heterocycles. The molecular weight excluding hydrogens is 354 g/mol. The Balaban J connectivity index is 6.09. The molecule has 0 aliphatic heterocycles. The van der Waals surface area contributed by atoms with E-state index in [-0.39, 0.29) is 0 Å². The minimum Gasteiger partial charge on any atom is -0.360 e. The van der Waals surface area contributed by atoms with Crippen LogP contribution in [-0.4, -0.2) is 36.6 Å². The smallest absolute Gasteiger partial charge is 0.102 e. The molecule has 0 radical (unpaired) electrons. The van der Waals surface area contributed by atoms with Gasteiger partial charge in [0.05, 0.1) is 5.70 Å². The first kappa shape index (κ1) is 27.1.